The highest BCUT2D eigenvalue weighted by atomic mass is 16.2. The molecule has 0 spiro atoms. The predicted octanol–water partition coefficient (Wildman–Crippen LogP) is 3.55. The summed E-state index contributed by atoms with van der Waals surface area (Å²) in [6, 6.07) is 5.89. The fourth-order valence-corrected chi connectivity index (χ4v) is 2.97. The number of amides is 1. The maximum atomic E-state index is 12.5. The van der Waals surface area contributed by atoms with Crippen LogP contribution in [0.1, 0.15) is 56.4 Å². The Kier molecular flexibility index (Phi) is 5.59. The van der Waals surface area contributed by atoms with Gasteiger partial charge in [-0.05, 0) is 44.7 Å². The number of carbonyl (C=O) groups excluding carboxylic acids is 1. The molecule has 1 aliphatic carbocycles. The van der Waals surface area contributed by atoms with Crippen LogP contribution < -0.4 is 5.32 Å². The van der Waals surface area contributed by atoms with E-state index in [2.05, 4.69) is 24.1 Å². The first-order chi connectivity index (χ1) is 10.1. The molecule has 1 aromatic heterocycles. The number of hydrogen-bond donors (Lipinski definition) is 1. The number of nitrogens with zero attached hydrogens (tertiary/aromatic N) is 2. The number of nitrogens with one attached hydrogen (secondary N) is 1. The molecule has 0 aromatic carbocycles. The highest BCUT2D eigenvalue weighted by molar-refractivity contribution is 5.92. The Hall–Kier alpha value is -1.58. The smallest absolute Gasteiger partial charge is 0.272 e. The number of aromatic nitrogens is 1. The average molecular weight is 289 g/mol. The fourth-order valence-electron chi connectivity index (χ4n) is 2.97. The van der Waals surface area contributed by atoms with Gasteiger partial charge in [0.05, 0.1) is 0 Å². The zero-order chi connectivity index (χ0) is 15.2. The van der Waals surface area contributed by atoms with Gasteiger partial charge < -0.3 is 10.2 Å². The van der Waals surface area contributed by atoms with Crippen LogP contribution in [0.25, 0.3) is 0 Å². The molecule has 0 bridgehead atoms. The third kappa shape index (κ3) is 4.73. The quantitative estimate of drug-likeness (QED) is 0.901. The van der Waals surface area contributed by atoms with Crippen LogP contribution in [-0.4, -0.2) is 35.4 Å². The van der Waals surface area contributed by atoms with Gasteiger partial charge in [-0.1, -0.05) is 25.3 Å². The highest BCUT2D eigenvalue weighted by Crippen LogP contribution is 2.24. The zero-order valence-corrected chi connectivity index (χ0v) is 13.4. The maximum absolute atomic E-state index is 12.5. The summed E-state index contributed by atoms with van der Waals surface area (Å²) in [7, 11) is 1.89. The molecule has 0 unspecified atom stereocenters. The number of hydrogen-bond acceptors (Lipinski definition) is 3. The van der Waals surface area contributed by atoms with Crippen molar-refractivity contribution in [3.05, 3.63) is 23.9 Å². The molecule has 1 aromatic rings. The highest BCUT2D eigenvalue weighted by Gasteiger charge is 2.20. The molecule has 0 atom stereocenters. The summed E-state index contributed by atoms with van der Waals surface area (Å²) in [4.78, 5) is 18.7. The van der Waals surface area contributed by atoms with Crippen LogP contribution in [0.15, 0.2) is 18.2 Å². The Balaban J connectivity index is 1.97. The molecule has 4 nitrogen and oxygen atoms in total. The number of pyridine rings is 1. The summed E-state index contributed by atoms with van der Waals surface area (Å²) < 4.78 is 0. The summed E-state index contributed by atoms with van der Waals surface area (Å²) in [5.41, 5.74) is 0.527. The molecule has 4 heteroatoms. The van der Waals surface area contributed by atoms with Gasteiger partial charge in [0.1, 0.15) is 11.5 Å². The Morgan fingerprint density at radius 1 is 1.33 bits per heavy atom. The molecule has 1 amide bonds. The van der Waals surface area contributed by atoms with E-state index in [1.165, 1.54) is 32.1 Å². The maximum Gasteiger partial charge on any atom is 0.272 e. The van der Waals surface area contributed by atoms with Crippen LogP contribution in [0, 0.1) is 5.92 Å². The standard InChI is InChI=1S/C17H27N3O/c1-13(2)18-16-11-7-10-15(19-16)17(21)20(3)12-14-8-5-4-6-9-14/h7,10-11,13-14H,4-6,8-9,12H2,1-3H3,(H,18,19). The molecule has 0 saturated heterocycles. The molecule has 0 radical (unpaired) electrons. The van der Waals surface area contributed by atoms with Crippen LogP contribution >= 0.6 is 0 Å². The van der Waals surface area contributed by atoms with Gasteiger partial charge in [0.2, 0.25) is 0 Å². The van der Waals surface area contributed by atoms with Crippen molar-refractivity contribution >= 4 is 11.7 Å². The van der Waals surface area contributed by atoms with Gasteiger partial charge in [-0.2, -0.15) is 0 Å². The van der Waals surface area contributed by atoms with Crippen LogP contribution in [0.3, 0.4) is 0 Å². The van der Waals surface area contributed by atoms with Gasteiger partial charge in [-0.15, -0.1) is 0 Å². The largest absolute Gasteiger partial charge is 0.368 e. The summed E-state index contributed by atoms with van der Waals surface area (Å²) in [6.45, 7) is 4.97. The molecule has 1 fully saturated rings. The van der Waals surface area contributed by atoms with E-state index in [9.17, 15) is 4.79 Å². The summed E-state index contributed by atoms with van der Waals surface area (Å²) >= 11 is 0. The molecule has 2 rings (SSSR count). The third-order valence-electron chi connectivity index (χ3n) is 4.01. The number of carbonyl (C=O) groups is 1. The van der Waals surface area contributed by atoms with Crippen LogP contribution in [0.5, 0.6) is 0 Å². The minimum absolute atomic E-state index is 0.0213. The van der Waals surface area contributed by atoms with Crippen molar-refractivity contribution in [1.29, 1.82) is 0 Å². The van der Waals surface area contributed by atoms with E-state index in [1.54, 1.807) is 6.07 Å². The van der Waals surface area contributed by atoms with Crippen molar-refractivity contribution in [2.75, 3.05) is 18.9 Å². The minimum Gasteiger partial charge on any atom is -0.368 e. The Morgan fingerprint density at radius 2 is 2.05 bits per heavy atom. The SMILES string of the molecule is CC(C)Nc1cccc(C(=O)N(C)CC2CCCCC2)n1. The molecular formula is C17H27N3O. The van der Waals surface area contributed by atoms with E-state index in [1.807, 2.05) is 24.1 Å². The lowest BCUT2D eigenvalue weighted by molar-refractivity contribution is 0.0755. The molecule has 1 heterocycles. The van der Waals surface area contributed by atoms with E-state index in [4.69, 9.17) is 0 Å². The molecule has 116 valence electrons. The van der Waals surface area contributed by atoms with E-state index in [0.717, 1.165) is 12.4 Å². The van der Waals surface area contributed by atoms with E-state index >= 15 is 0 Å². The van der Waals surface area contributed by atoms with Crippen LogP contribution in [0.2, 0.25) is 0 Å². The summed E-state index contributed by atoms with van der Waals surface area (Å²) in [5, 5.41) is 3.24. The first-order valence-corrected chi connectivity index (χ1v) is 8.05. The fraction of sp³-hybridized carbons (Fsp3) is 0.647. The van der Waals surface area contributed by atoms with Crippen molar-refractivity contribution in [1.82, 2.24) is 9.88 Å². The topological polar surface area (TPSA) is 45.2 Å². The van der Waals surface area contributed by atoms with Gasteiger partial charge in [0.15, 0.2) is 0 Å². The lowest BCUT2D eigenvalue weighted by atomic mass is 9.89. The first-order valence-electron chi connectivity index (χ1n) is 8.05. The lowest BCUT2D eigenvalue weighted by Crippen LogP contribution is -2.33. The van der Waals surface area contributed by atoms with E-state index in [0.29, 0.717) is 17.7 Å². The molecular weight excluding hydrogens is 262 g/mol. The second kappa shape index (κ2) is 7.43. The molecule has 21 heavy (non-hydrogen) atoms. The van der Waals surface area contributed by atoms with Gasteiger partial charge in [-0.25, -0.2) is 4.98 Å². The van der Waals surface area contributed by atoms with Gasteiger partial charge in [-0.3, -0.25) is 4.79 Å². The molecule has 1 N–H and O–H groups in total. The van der Waals surface area contributed by atoms with Crippen molar-refractivity contribution in [2.45, 2.75) is 52.0 Å². The number of anilines is 1. The normalized spacial score (nSPS) is 16.0. The summed E-state index contributed by atoms with van der Waals surface area (Å²) in [6.07, 6.45) is 6.45. The van der Waals surface area contributed by atoms with Gasteiger partial charge in [0, 0.05) is 19.6 Å². The second-order valence-electron chi connectivity index (χ2n) is 6.40. The third-order valence-corrected chi connectivity index (χ3v) is 4.01. The van der Waals surface area contributed by atoms with Gasteiger partial charge in [0.25, 0.3) is 5.91 Å². The van der Waals surface area contributed by atoms with Crippen molar-refractivity contribution in [2.24, 2.45) is 5.92 Å². The van der Waals surface area contributed by atoms with Crippen LogP contribution in [-0.2, 0) is 0 Å². The zero-order valence-electron chi connectivity index (χ0n) is 13.4. The molecule has 1 saturated carbocycles. The number of rotatable bonds is 5. The van der Waals surface area contributed by atoms with Crippen LogP contribution in [0.4, 0.5) is 5.82 Å². The summed E-state index contributed by atoms with van der Waals surface area (Å²) in [5.74, 6) is 1.44. The second-order valence-corrected chi connectivity index (χ2v) is 6.40. The minimum atomic E-state index is 0.0213. The molecule has 1 aliphatic rings. The lowest BCUT2D eigenvalue weighted by Gasteiger charge is -2.27. The first kappa shape index (κ1) is 15.8. The monoisotopic (exact) mass is 289 g/mol. The van der Waals surface area contributed by atoms with E-state index < -0.39 is 0 Å². The Bertz CT molecular complexity index is 467. The van der Waals surface area contributed by atoms with Crippen molar-refractivity contribution in [3.8, 4) is 0 Å². The van der Waals surface area contributed by atoms with Gasteiger partial charge >= 0.3 is 0 Å². The van der Waals surface area contributed by atoms with E-state index in [-0.39, 0.29) is 5.91 Å². The Labute approximate surface area is 127 Å². The predicted molar refractivity (Wildman–Crippen MR) is 86.5 cm³/mol. The Morgan fingerprint density at radius 3 is 2.71 bits per heavy atom. The van der Waals surface area contributed by atoms with Crippen molar-refractivity contribution < 1.29 is 4.79 Å². The van der Waals surface area contributed by atoms with Crippen molar-refractivity contribution in [3.63, 3.8) is 0 Å². The average Bonchev–Trinajstić information content (AvgIpc) is 2.47. The molecule has 0 aliphatic heterocycles.